The highest BCUT2D eigenvalue weighted by Gasteiger charge is 2.04. The van der Waals surface area contributed by atoms with Gasteiger partial charge in [-0.05, 0) is 0 Å². The van der Waals surface area contributed by atoms with E-state index in [1.807, 2.05) is 0 Å². The van der Waals surface area contributed by atoms with Crippen LogP contribution in [0.5, 0.6) is 0 Å². The van der Waals surface area contributed by atoms with E-state index in [1.165, 1.54) is 10.6 Å². The number of nitro groups is 1. The van der Waals surface area contributed by atoms with Crippen molar-refractivity contribution in [1.82, 2.24) is 4.57 Å². The molecule has 0 spiro atoms. The minimum absolute atomic E-state index is 0.0116. The van der Waals surface area contributed by atoms with Crippen LogP contribution in [-0.4, -0.2) is 9.49 Å². The Morgan fingerprint density at radius 3 is 2.78 bits per heavy atom. The van der Waals surface area contributed by atoms with Gasteiger partial charge < -0.3 is 4.57 Å². The Morgan fingerprint density at radius 2 is 2.56 bits per heavy atom. The number of aromatic nitrogens is 1. The van der Waals surface area contributed by atoms with Gasteiger partial charge in [0.1, 0.15) is 0 Å². The van der Waals surface area contributed by atoms with Crippen molar-refractivity contribution in [2.24, 2.45) is 7.05 Å². The average molecular weight is 125 g/mol. The molecule has 0 N–H and O–H groups in total. The molecular weight excluding hydrogens is 120 g/mol. The summed E-state index contributed by atoms with van der Waals surface area (Å²) in [5.41, 5.74) is 0.0116. The van der Waals surface area contributed by atoms with E-state index in [1.54, 1.807) is 13.2 Å². The van der Waals surface area contributed by atoms with Crippen molar-refractivity contribution in [3.63, 3.8) is 0 Å². The third kappa shape index (κ3) is 1.07. The fraction of sp³-hybridized carbons (Fsp3) is 0.200. The Labute approximate surface area is 51.9 Å². The van der Waals surface area contributed by atoms with Crippen molar-refractivity contribution >= 4 is 5.69 Å². The lowest BCUT2D eigenvalue weighted by molar-refractivity contribution is -0.385. The standard InChI is InChI=1S/C5H5N2O2/c1-6-3-2-5(4-6)7(8)9/h2-3H,1H3. The summed E-state index contributed by atoms with van der Waals surface area (Å²) < 4.78 is 1.51. The number of aryl methyl sites for hydroxylation is 1. The van der Waals surface area contributed by atoms with Crippen LogP contribution >= 0.6 is 0 Å². The molecule has 0 aliphatic carbocycles. The van der Waals surface area contributed by atoms with E-state index in [9.17, 15) is 10.1 Å². The van der Waals surface area contributed by atoms with Crippen LogP contribution in [0.25, 0.3) is 0 Å². The Hall–Kier alpha value is -1.32. The molecule has 0 fully saturated rings. The maximum atomic E-state index is 9.98. The van der Waals surface area contributed by atoms with Crippen molar-refractivity contribution < 1.29 is 4.92 Å². The lowest BCUT2D eigenvalue weighted by Gasteiger charge is -1.80. The van der Waals surface area contributed by atoms with E-state index in [4.69, 9.17) is 0 Å². The predicted molar refractivity (Wildman–Crippen MR) is 30.9 cm³/mol. The molecule has 1 aromatic heterocycles. The lowest BCUT2D eigenvalue weighted by Crippen LogP contribution is -1.85. The number of hydrogen-bond donors (Lipinski definition) is 0. The minimum atomic E-state index is -0.472. The topological polar surface area (TPSA) is 48.1 Å². The van der Waals surface area contributed by atoms with Gasteiger partial charge in [-0.15, -0.1) is 0 Å². The van der Waals surface area contributed by atoms with Crippen LogP contribution in [0.15, 0.2) is 12.3 Å². The predicted octanol–water partition coefficient (Wildman–Crippen LogP) is 0.733. The summed E-state index contributed by atoms with van der Waals surface area (Å²) in [6, 6.07) is 1.40. The first kappa shape index (κ1) is 5.81. The zero-order chi connectivity index (χ0) is 6.85. The van der Waals surface area contributed by atoms with Gasteiger partial charge in [-0.3, -0.25) is 10.1 Å². The van der Waals surface area contributed by atoms with Gasteiger partial charge in [0, 0.05) is 19.3 Å². The van der Waals surface area contributed by atoms with E-state index in [0.717, 1.165) is 0 Å². The van der Waals surface area contributed by atoms with E-state index in [-0.39, 0.29) is 5.69 Å². The van der Waals surface area contributed by atoms with E-state index >= 15 is 0 Å². The van der Waals surface area contributed by atoms with Crippen molar-refractivity contribution in [2.45, 2.75) is 0 Å². The van der Waals surface area contributed by atoms with Gasteiger partial charge in [-0.1, -0.05) is 0 Å². The smallest absolute Gasteiger partial charge is 0.296 e. The van der Waals surface area contributed by atoms with E-state index in [0.29, 0.717) is 0 Å². The third-order valence-electron chi connectivity index (χ3n) is 0.944. The lowest BCUT2D eigenvalue weighted by atomic mass is 10.6. The Balaban J connectivity index is 2.98. The molecular formula is C5H5N2O2. The number of hydrogen-bond acceptors (Lipinski definition) is 2. The zero-order valence-electron chi connectivity index (χ0n) is 4.87. The molecule has 1 rings (SSSR count). The molecule has 47 valence electrons. The Morgan fingerprint density at radius 1 is 1.89 bits per heavy atom. The molecule has 0 aromatic carbocycles. The molecule has 1 aromatic rings. The summed E-state index contributed by atoms with van der Waals surface area (Å²) in [7, 11) is 1.69. The second kappa shape index (κ2) is 1.89. The average Bonchev–Trinajstić information content (AvgIpc) is 2.14. The van der Waals surface area contributed by atoms with E-state index in [2.05, 4.69) is 6.20 Å². The van der Waals surface area contributed by atoms with Crippen LogP contribution in [-0.2, 0) is 7.05 Å². The molecule has 0 saturated carbocycles. The van der Waals surface area contributed by atoms with Crippen LogP contribution in [0.4, 0.5) is 5.69 Å². The third-order valence-corrected chi connectivity index (χ3v) is 0.944. The van der Waals surface area contributed by atoms with Gasteiger partial charge in [0.2, 0.25) is 0 Å². The Kier molecular flexibility index (Phi) is 1.22. The zero-order valence-corrected chi connectivity index (χ0v) is 4.87. The second-order valence-electron chi connectivity index (χ2n) is 1.68. The molecule has 0 amide bonds. The van der Waals surface area contributed by atoms with Gasteiger partial charge in [-0.2, -0.15) is 0 Å². The minimum Gasteiger partial charge on any atom is -0.343 e. The molecule has 0 aliphatic heterocycles. The van der Waals surface area contributed by atoms with Crippen molar-refractivity contribution in [3.8, 4) is 0 Å². The number of rotatable bonds is 1. The summed E-state index contributed by atoms with van der Waals surface area (Å²) in [5, 5.41) is 9.98. The summed E-state index contributed by atoms with van der Waals surface area (Å²) >= 11 is 0. The monoisotopic (exact) mass is 125 g/mol. The van der Waals surface area contributed by atoms with Crippen LogP contribution in [0.2, 0.25) is 0 Å². The maximum absolute atomic E-state index is 9.98. The van der Waals surface area contributed by atoms with Crippen molar-refractivity contribution in [1.29, 1.82) is 0 Å². The summed E-state index contributed by atoms with van der Waals surface area (Å²) in [6.07, 6.45) is 4.07. The molecule has 4 heteroatoms. The summed E-state index contributed by atoms with van der Waals surface area (Å²) in [4.78, 5) is 9.50. The molecule has 4 nitrogen and oxygen atoms in total. The van der Waals surface area contributed by atoms with E-state index < -0.39 is 4.92 Å². The van der Waals surface area contributed by atoms with Gasteiger partial charge in [0.15, 0.2) is 6.20 Å². The first-order chi connectivity index (χ1) is 4.20. The molecule has 1 radical (unpaired) electrons. The highest BCUT2D eigenvalue weighted by atomic mass is 16.6. The number of nitrogens with zero attached hydrogens (tertiary/aromatic N) is 2. The molecule has 0 aliphatic rings. The summed E-state index contributed by atoms with van der Waals surface area (Å²) in [5.74, 6) is 0. The normalized spacial score (nSPS) is 9.44. The quantitative estimate of drug-likeness (QED) is 0.410. The van der Waals surface area contributed by atoms with Gasteiger partial charge in [-0.25, -0.2) is 0 Å². The molecule has 1 heterocycles. The second-order valence-corrected chi connectivity index (χ2v) is 1.68. The van der Waals surface area contributed by atoms with Crippen LogP contribution in [0.1, 0.15) is 0 Å². The van der Waals surface area contributed by atoms with Crippen molar-refractivity contribution in [2.75, 3.05) is 0 Å². The van der Waals surface area contributed by atoms with Gasteiger partial charge >= 0.3 is 0 Å². The molecule has 0 bridgehead atoms. The fourth-order valence-electron chi connectivity index (χ4n) is 0.539. The highest BCUT2D eigenvalue weighted by molar-refractivity contribution is 5.23. The maximum Gasteiger partial charge on any atom is 0.296 e. The van der Waals surface area contributed by atoms with Crippen LogP contribution < -0.4 is 0 Å². The summed E-state index contributed by atoms with van der Waals surface area (Å²) in [6.45, 7) is 0. The van der Waals surface area contributed by atoms with Gasteiger partial charge in [0.25, 0.3) is 5.69 Å². The largest absolute Gasteiger partial charge is 0.343 e. The first-order valence-electron chi connectivity index (χ1n) is 2.39. The SMILES string of the molecule is Cn1[c]c([N+](=O)[O-])cc1. The Bertz CT molecular complexity index is 229. The first-order valence-corrected chi connectivity index (χ1v) is 2.39. The fourth-order valence-corrected chi connectivity index (χ4v) is 0.539. The van der Waals surface area contributed by atoms with Crippen LogP contribution in [0, 0.1) is 16.3 Å². The highest BCUT2D eigenvalue weighted by Crippen LogP contribution is 2.07. The van der Waals surface area contributed by atoms with Crippen molar-refractivity contribution in [3.05, 3.63) is 28.6 Å². The molecule has 0 saturated heterocycles. The molecule has 9 heavy (non-hydrogen) atoms. The van der Waals surface area contributed by atoms with Crippen LogP contribution in [0.3, 0.4) is 0 Å². The molecule has 0 atom stereocenters. The van der Waals surface area contributed by atoms with Gasteiger partial charge in [0.05, 0.1) is 4.92 Å². The molecule has 0 unspecified atom stereocenters.